The Hall–Kier alpha value is -2.77. The van der Waals surface area contributed by atoms with Crippen molar-refractivity contribution in [1.82, 2.24) is 4.90 Å². The van der Waals surface area contributed by atoms with E-state index in [-0.39, 0.29) is 0 Å². The van der Waals surface area contributed by atoms with Gasteiger partial charge in [0.2, 0.25) is 0 Å². The zero-order chi connectivity index (χ0) is 21.7. The second kappa shape index (κ2) is 9.36. The van der Waals surface area contributed by atoms with Gasteiger partial charge in [0.05, 0.1) is 0 Å². The van der Waals surface area contributed by atoms with Gasteiger partial charge in [0, 0.05) is 31.0 Å². The maximum Gasteiger partial charge on any atom is 0.411 e. The predicted octanol–water partition coefficient (Wildman–Crippen LogP) is 3.17. The van der Waals surface area contributed by atoms with E-state index in [1.807, 2.05) is 24.3 Å². The maximum atomic E-state index is 12.4. The third-order valence-electron chi connectivity index (χ3n) is 5.12. The first kappa shape index (κ1) is 21.9. The fourth-order valence-corrected chi connectivity index (χ4v) is 3.71. The van der Waals surface area contributed by atoms with E-state index in [0.29, 0.717) is 25.1 Å². The van der Waals surface area contributed by atoms with Crippen LogP contribution in [0.15, 0.2) is 24.3 Å². The Morgan fingerprint density at radius 1 is 1.03 bits per heavy atom. The van der Waals surface area contributed by atoms with Crippen LogP contribution in [-0.2, 0) is 19.1 Å². The highest BCUT2D eigenvalue weighted by Crippen LogP contribution is 2.23. The number of esters is 1. The van der Waals surface area contributed by atoms with E-state index < -0.39 is 36.2 Å². The van der Waals surface area contributed by atoms with Crippen LogP contribution in [-0.4, -0.2) is 60.8 Å². The lowest BCUT2D eigenvalue weighted by Crippen LogP contribution is -2.44. The van der Waals surface area contributed by atoms with E-state index in [1.54, 1.807) is 20.8 Å². The van der Waals surface area contributed by atoms with Crippen LogP contribution in [0.4, 0.5) is 16.2 Å². The highest BCUT2D eigenvalue weighted by Gasteiger charge is 2.37. The Balaban J connectivity index is 1.46. The lowest BCUT2D eigenvalue weighted by molar-refractivity contribution is -0.151. The number of benzene rings is 1. The monoisotopic (exact) mass is 417 g/mol. The fraction of sp³-hybridized carbons (Fsp3) is 0.591. The molecule has 2 heterocycles. The first-order chi connectivity index (χ1) is 14.2. The summed E-state index contributed by atoms with van der Waals surface area (Å²) in [4.78, 5) is 40.6. The third kappa shape index (κ3) is 5.87. The van der Waals surface area contributed by atoms with Crippen LogP contribution in [0.5, 0.6) is 0 Å². The molecule has 1 N–H and O–H groups in total. The van der Waals surface area contributed by atoms with Gasteiger partial charge in [0.25, 0.3) is 5.91 Å². The average Bonchev–Trinajstić information content (AvgIpc) is 3.37. The first-order valence-corrected chi connectivity index (χ1v) is 10.5. The molecule has 2 aliphatic heterocycles. The van der Waals surface area contributed by atoms with Crippen LogP contribution in [0, 0.1) is 0 Å². The molecule has 0 spiro atoms. The molecular weight excluding hydrogens is 386 g/mol. The van der Waals surface area contributed by atoms with Gasteiger partial charge in [-0.1, -0.05) is 0 Å². The molecule has 2 aliphatic rings. The number of carbonyl (C=O) groups is 3. The van der Waals surface area contributed by atoms with E-state index in [0.717, 1.165) is 18.8 Å². The van der Waals surface area contributed by atoms with Gasteiger partial charge in [-0.2, -0.15) is 0 Å². The Morgan fingerprint density at radius 3 is 2.33 bits per heavy atom. The highest BCUT2D eigenvalue weighted by atomic mass is 16.6. The quantitative estimate of drug-likeness (QED) is 0.741. The van der Waals surface area contributed by atoms with Crippen molar-refractivity contribution in [2.24, 2.45) is 0 Å². The molecule has 0 aromatic heterocycles. The van der Waals surface area contributed by atoms with Gasteiger partial charge in [-0.05, 0) is 70.7 Å². The van der Waals surface area contributed by atoms with Crippen molar-refractivity contribution in [2.45, 2.75) is 58.1 Å². The van der Waals surface area contributed by atoms with Crippen molar-refractivity contribution in [3.63, 3.8) is 0 Å². The maximum absolute atomic E-state index is 12.4. The number of likely N-dealkylation sites (tertiary alicyclic amines) is 1. The normalized spacial score (nSPS) is 19.0. The van der Waals surface area contributed by atoms with Crippen molar-refractivity contribution in [3.8, 4) is 0 Å². The molecule has 0 saturated carbocycles. The Bertz CT molecular complexity index is 766. The van der Waals surface area contributed by atoms with Gasteiger partial charge in [0.15, 0.2) is 6.61 Å². The third-order valence-corrected chi connectivity index (χ3v) is 5.12. The zero-order valence-corrected chi connectivity index (χ0v) is 18.0. The molecule has 30 heavy (non-hydrogen) atoms. The molecule has 2 saturated heterocycles. The van der Waals surface area contributed by atoms with Crippen molar-refractivity contribution < 1.29 is 23.9 Å². The first-order valence-electron chi connectivity index (χ1n) is 10.5. The molecule has 3 rings (SSSR count). The summed E-state index contributed by atoms with van der Waals surface area (Å²) >= 11 is 0. The summed E-state index contributed by atoms with van der Waals surface area (Å²) in [7, 11) is 0. The lowest BCUT2D eigenvalue weighted by Gasteiger charge is -2.27. The molecule has 1 aromatic rings. The number of anilines is 2. The molecule has 0 bridgehead atoms. The second-order valence-electron chi connectivity index (χ2n) is 8.73. The van der Waals surface area contributed by atoms with E-state index in [9.17, 15) is 14.4 Å². The van der Waals surface area contributed by atoms with E-state index in [2.05, 4.69) is 10.2 Å². The number of nitrogens with one attached hydrogen (secondary N) is 1. The predicted molar refractivity (Wildman–Crippen MR) is 113 cm³/mol. The van der Waals surface area contributed by atoms with Crippen molar-refractivity contribution in [1.29, 1.82) is 0 Å². The van der Waals surface area contributed by atoms with Crippen molar-refractivity contribution in [2.75, 3.05) is 36.5 Å². The van der Waals surface area contributed by atoms with Gasteiger partial charge in [-0.15, -0.1) is 0 Å². The van der Waals surface area contributed by atoms with Crippen molar-refractivity contribution >= 4 is 29.3 Å². The topological polar surface area (TPSA) is 88.2 Å². The molecule has 8 heteroatoms. The molecule has 1 aromatic carbocycles. The highest BCUT2D eigenvalue weighted by molar-refractivity contribution is 5.93. The van der Waals surface area contributed by atoms with Gasteiger partial charge < -0.3 is 19.7 Å². The standard InChI is InChI=1S/C22H31N3O5/c1-22(2,3)30-21(28)25-14-6-7-18(25)20(27)29-15-19(26)23-16-8-10-17(11-9-16)24-12-4-5-13-24/h8-11,18H,4-7,12-15H2,1-3H3,(H,23,26)/t18-/m0/s1. The Morgan fingerprint density at radius 2 is 1.70 bits per heavy atom. The smallest absolute Gasteiger partial charge is 0.411 e. The summed E-state index contributed by atoms with van der Waals surface area (Å²) in [5.74, 6) is -1.00. The minimum atomic E-state index is -0.715. The van der Waals surface area contributed by atoms with Crippen molar-refractivity contribution in [3.05, 3.63) is 24.3 Å². The number of hydrogen-bond acceptors (Lipinski definition) is 6. The number of nitrogens with zero attached hydrogens (tertiary/aromatic N) is 2. The molecule has 2 amide bonds. The SMILES string of the molecule is CC(C)(C)OC(=O)N1CCC[C@H]1C(=O)OCC(=O)Nc1ccc(N2CCCC2)cc1. The Kier molecular flexibility index (Phi) is 6.84. The van der Waals surface area contributed by atoms with Gasteiger partial charge in [-0.3, -0.25) is 9.69 Å². The molecule has 0 radical (unpaired) electrons. The summed E-state index contributed by atoms with van der Waals surface area (Å²) in [6, 6.07) is 6.92. The molecule has 0 aliphatic carbocycles. The second-order valence-corrected chi connectivity index (χ2v) is 8.73. The lowest BCUT2D eigenvalue weighted by atomic mass is 10.2. The summed E-state index contributed by atoms with van der Waals surface area (Å²) in [5.41, 5.74) is 1.15. The van der Waals surface area contributed by atoms with Crippen LogP contribution < -0.4 is 10.2 Å². The molecule has 1 atom stereocenters. The summed E-state index contributed by atoms with van der Waals surface area (Å²) in [5, 5.41) is 2.73. The number of ether oxygens (including phenoxy) is 2. The van der Waals surface area contributed by atoms with E-state index in [4.69, 9.17) is 9.47 Å². The molecule has 2 fully saturated rings. The van der Waals surface area contributed by atoms with E-state index >= 15 is 0 Å². The van der Waals surface area contributed by atoms with Gasteiger partial charge >= 0.3 is 12.1 Å². The fourth-order valence-electron chi connectivity index (χ4n) is 3.71. The Labute approximate surface area is 177 Å². The molecular formula is C22H31N3O5. The van der Waals surface area contributed by atoms with Crippen LogP contribution >= 0.6 is 0 Å². The summed E-state index contributed by atoms with van der Waals surface area (Å²) in [6.07, 6.45) is 3.06. The number of amides is 2. The molecule has 8 nitrogen and oxygen atoms in total. The molecule has 164 valence electrons. The minimum Gasteiger partial charge on any atom is -0.454 e. The summed E-state index contributed by atoms with van der Waals surface area (Å²) in [6.45, 7) is 7.48. The molecule has 0 unspecified atom stereocenters. The minimum absolute atomic E-state index is 0.397. The van der Waals surface area contributed by atoms with E-state index in [1.165, 1.54) is 17.7 Å². The van der Waals surface area contributed by atoms with Crippen LogP contribution in [0.1, 0.15) is 46.5 Å². The largest absolute Gasteiger partial charge is 0.454 e. The van der Waals surface area contributed by atoms with Crippen LogP contribution in [0.2, 0.25) is 0 Å². The van der Waals surface area contributed by atoms with Crippen LogP contribution in [0.25, 0.3) is 0 Å². The number of rotatable bonds is 5. The number of hydrogen-bond donors (Lipinski definition) is 1. The summed E-state index contributed by atoms with van der Waals surface area (Å²) < 4.78 is 10.5. The number of carbonyl (C=O) groups excluding carboxylic acids is 3. The van der Waals surface area contributed by atoms with Gasteiger partial charge in [-0.25, -0.2) is 9.59 Å². The average molecular weight is 418 g/mol. The van der Waals surface area contributed by atoms with Crippen LogP contribution in [0.3, 0.4) is 0 Å². The zero-order valence-electron chi connectivity index (χ0n) is 18.0. The van der Waals surface area contributed by atoms with Gasteiger partial charge in [0.1, 0.15) is 11.6 Å².